The lowest BCUT2D eigenvalue weighted by Crippen LogP contribution is -2.64. The number of hydrogen-bond acceptors (Lipinski definition) is 3. The molecule has 5 aliphatic rings. The number of fused-ring (bicyclic) bond motifs is 4. The van der Waals surface area contributed by atoms with Crippen molar-refractivity contribution in [2.75, 3.05) is 0 Å². The summed E-state index contributed by atoms with van der Waals surface area (Å²) in [5, 5.41) is 10.7. The highest BCUT2D eigenvalue weighted by Gasteiger charge is 2.79. The minimum absolute atomic E-state index is 0.161. The number of carbonyl (C=O) groups is 1. The van der Waals surface area contributed by atoms with Gasteiger partial charge in [0.15, 0.2) is 0 Å². The van der Waals surface area contributed by atoms with E-state index in [-0.39, 0.29) is 40.0 Å². The molecule has 0 radical (unpaired) electrons. The lowest BCUT2D eigenvalue weighted by molar-refractivity contribution is -0.167. The maximum atomic E-state index is 13.6. The van der Waals surface area contributed by atoms with Crippen molar-refractivity contribution in [1.29, 1.82) is 0 Å². The van der Waals surface area contributed by atoms with Crippen LogP contribution >= 0.6 is 0 Å². The number of ether oxygens (including phenoxy) is 1. The lowest BCUT2D eigenvalue weighted by atomic mass is 9.41. The molecule has 5 fully saturated rings. The Balaban J connectivity index is 1.57. The Labute approximate surface area is 158 Å². The predicted molar refractivity (Wildman–Crippen MR) is 101 cm³/mol. The summed E-state index contributed by atoms with van der Waals surface area (Å²) in [7, 11) is 0. The highest BCUT2D eigenvalue weighted by molar-refractivity contribution is 5.84. The SMILES string of the molecule is CC[C@H]1CC[C@@]2(C)[C@H]3C[C@H]4O[C@@]45[C@@H](CC[C@@H](O)C5(C)C)[C@@H]3C(=O)C[C@@]12C. The molecular weight excluding hydrogens is 324 g/mol. The monoisotopic (exact) mass is 360 g/mol. The average molecular weight is 361 g/mol. The molecule has 0 amide bonds. The highest BCUT2D eigenvalue weighted by Crippen LogP contribution is 2.75. The Kier molecular flexibility index (Phi) is 3.36. The van der Waals surface area contributed by atoms with Gasteiger partial charge in [0, 0.05) is 23.7 Å². The van der Waals surface area contributed by atoms with Crippen LogP contribution in [0.4, 0.5) is 0 Å². The van der Waals surface area contributed by atoms with Crippen LogP contribution in [-0.4, -0.2) is 28.7 Å². The first-order chi connectivity index (χ1) is 12.1. The van der Waals surface area contributed by atoms with Crippen LogP contribution in [0.2, 0.25) is 0 Å². The molecule has 146 valence electrons. The molecule has 4 saturated carbocycles. The molecule has 1 saturated heterocycles. The Morgan fingerprint density at radius 1 is 1.08 bits per heavy atom. The maximum Gasteiger partial charge on any atom is 0.137 e. The van der Waals surface area contributed by atoms with Crippen LogP contribution in [0, 0.1) is 39.9 Å². The predicted octanol–water partition coefficient (Wildman–Crippen LogP) is 4.36. The van der Waals surface area contributed by atoms with E-state index >= 15 is 0 Å². The molecule has 4 aliphatic carbocycles. The fraction of sp³-hybridized carbons (Fsp3) is 0.957. The van der Waals surface area contributed by atoms with E-state index in [1.807, 2.05) is 0 Å². The first-order valence-electron chi connectivity index (χ1n) is 11.0. The Morgan fingerprint density at radius 3 is 2.50 bits per heavy atom. The first kappa shape index (κ1) is 17.7. The van der Waals surface area contributed by atoms with Gasteiger partial charge < -0.3 is 9.84 Å². The van der Waals surface area contributed by atoms with Crippen molar-refractivity contribution in [3.63, 3.8) is 0 Å². The van der Waals surface area contributed by atoms with Gasteiger partial charge >= 0.3 is 0 Å². The van der Waals surface area contributed by atoms with Crippen molar-refractivity contribution in [3.05, 3.63) is 0 Å². The minimum atomic E-state index is -0.309. The zero-order valence-electron chi connectivity index (χ0n) is 17.2. The summed E-state index contributed by atoms with van der Waals surface area (Å²) < 4.78 is 6.46. The molecular formula is C23H36O3. The van der Waals surface area contributed by atoms with Crippen molar-refractivity contribution in [2.24, 2.45) is 39.9 Å². The molecule has 3 heteroatoms. The van der Waals surface area contributed by atoms with Crippen LogP contribution in [0.15, 0.2) is 0 Å². The van der Waals surface area contributed by atoms with Crippen molar-refractivity contribution >= 4 is 5.78 Å². The van der Waals surface area contributed by atoms with E-state index < -0.39 is 0 Å². The summed E-state index contributed by atoms with van der Waals surface area (Å²) in [5.41, 5.74) is -0.0490. The molecule has 1 N–H and O–H groups in total. The summed E-state index contributed by atoms with van der Waals surface area (Å²) in [5.74, 6) is 2.16. The van der Waals surface area contributed by atoms with Gasteiger partial charge in [-0.3, -0.25) is 4.79 Å². The number of hydrogen-bond donors (Lipinski definition) is 1. The average Bonchev–Trinajstić information content (AvgIpc) is 3.26. The van der Waals surface area contributed by atoms with Crippen molar-refractivity contribution in [3.8, 4) is 0 Å². The molecule has 1 spiro atoms. The van der Waals surface area contributed by atoms with E-state index in [0.717, 1.165) is 25.7 Å². The van der Waals surface area contributed by atoms with Crippen LogP contribution < -0.4 is 0 Å². The molecule has 0 aromatic carbocycles. The number of carbonyl (C=O) groups excluding carboxylic acids is 1. The van der Waals surface area contributed by atoms with Gasteiger partial charge in [0.1, 0.15) is 11.4 Å². The quantitative estimate of drug-likeness (QED) is 0.707. The van der Waals surface area contributed by atoms with E-state index in [1.165, 1.54) is 19.3 Å². The van der Waals surface area contributed by atoms with Gasteiger partial charge in [0.05, 0.1) is 12.2 Å². The second-order valence-corrected chi connectivity index (χ2v) is 11.3. The van der Waals surface area contributed by atoms with E-state index in [0.29, 0.717) is 23.5 Å². The van der Waals surface area contributed by atoms with Crippen molar-refractivity contribution in [1.82, 2.24) is 0 Å². The lowest BCUT2D eigenvalue weighted by Gasteiger charge is -2.61. The minimum Gasteiger partial charge on any atom is -0.392 e. The molecule has 3 nitrogen and oxygen atoms in total. The van der Waals surface area contributed by atoms with Crippen molar-refractivity contribution in [2.45, 2.75) is 97.4 Å². The molecule has 9 atom stereocenters. The van der Waals surface area contributed by atoms with Gasteiger partial charge in [-0.15, -0.1) is 0 Å². The Hall–Kier alpha value is -0.410. The fourth-order valence-electron chi connectivity index (χ4n) is 8.81. The van der Waals surface area contributed by atoms with E-state index in [2.05, 4.69) is 34.6 Å². The zero-order valence-corrected chi connectivity index (χ0v) is 17.2. The molecule has 0 unspecified atom stereocenters. The van der Waals surface area contributed by atoms with E-state index in [9.17, 15) is 9.90 Å². The molecule has 26 heavy (non-hydrogen) atoms. The number of aliphatic hydroxyl groups is 1. The van der Waals surface area contributed by atoms with Crippen LogP contribution in [0.25, 0.3) is 0 Å². The maximum absolute atomic E-state index is 13.6. The standard InChI is InChI=1S/C23H36O3/c1-6-13-9-10-21(4)15-11-18-23(26-18)14(7-8-17(25)20(23,2)3)19(15)16(24)12-22(13,21)5/h13-15,17-19,25H,6-12H2,1-5H3/t13-,14-,15-,17+,18+,19-,21-,22-,23-/m0/s1. The second kappa shape index (κ2) is 4.95. The van der Waals surface area contributed by atoms with Crippen LogP contribution in [0.3, 0.4) is 0 Å². The van der Waals surface area contributed by atoms with Gasteiger partial charge in [0.2, 0.25) is 0 Å². The molecule has 1 heterocycles. The summed E-state index contributed by atoms with van der Waals surface area (Å²) in [6, 6.07) is 0. The molecule has 0 aromatic rings. The third-order valence-electron chi connectivity index (χ3n) is 10.7. The highest BCUT2D eigenvalue weighted by atomic mass is 16.6. The number of ketones is 1. The molecule has 0 aromatic heterocycles. The van der Waals surface area contributed by atoms with Crippen LogP contribution in [0.1, 0.15) is 79.6 Å². The Bertz CT molecular complexity index is 656. The summed E-state index contributed by atoms with van der Waals surface area (Å²) >= 11 is 0. The van der Waals surface area contributed by atoms with E-state index in [4.69, 9.17) is 4.74 Å². The van der Waals surface area contributed by atoms with E-state index in [1.54, 1.807) is 0 Å². The van der Waals surface area contributed by atoms with Gasteiger partial charge in [0.25, 0.3) is 0 Å². The van der Waals surface area contributed by atoms with Crippen LogP contribution in [-0.2, 0) is 9.53 Å². The van der Waals surface area contributed by atoms with Crippen molar-refractivity contribution < 1.29 is 14.6 Å². The topological polar surface area (TPSA) is 49.8 Å². The smallest absolute Gasteiger partial charge is 0.137 e. The zero-order chi connectivity index (χ0) is 18.7. The molecule has 1 aliphatic heterocycles. The third-order valence-corrected chi connectivity index (χ3v) is 10.7. The van der Waals surface area contributed by atoms with Gasteiger partial charge in [-0.1, -0.05) is 41.0 Å². The largest absolute Gasteiger partial charge is 0.392 e. The number of rotatable bonds is 1. The van der Waals surface area contributed by atoms with Gasteiger partial charge in [-0.05, 0) is 54.8 Å². The Morgan fingerprint density at radius 2 is 1.81 bits per heavy atom. The number of Topliss-reactive ketones (excluding diaryl/α,β-unsaturated/α-hetero) is 1. The first-order valence-corrected chi connectivity index (χ1v) is 11.0. The van der Waals surface area contributed by atoms with Gasteiger partial charge in [-0.2, -0.15) is 0 Å². The normalized spacial score (nSPS) is 59.8. The number of epoxide rings is 1. The van der Waals surface area contributed by atoms with Gasteiger partial charge in [-0.25, -0.2) is 0 Å². The number of aliphatic hydroxyl groups excluding tert-OH is 1. The summed E-state index contributed by atoms with van der Waals surface area (Å²) in [6.07, 6.45) is 7.27. The summed E-state index contributed by atoms with van der Waals surface area (Å²) in [4.78, 5) is 13.6. The fourth-order valence-corrected chi connectivity index (χ4v) is 8.81. The van der Waals surface area contributed by atoms with Crippen LogP contribution in [0.5, 0.6) is 0 Å². The molecule has 5 rings (SSSR count). The molecule has 0 bridgehead atoms. The summed E-state index contributed by atoms with van der Waals surface area (Å²) in [6.45, 7) is 11.6. The second-order valence-electron chi connectivity index (χ2n) is 11.3. The third kappa shape index (κ3) is 1.68.